The second kappa shape index (κ2) is 4.06. The number of nitrogens with one attached hydrogen (secondary N) is 1. The van der Waals surface area contributed by atoms with E-state index in [0.29, 0.717) is 13.2 Å². The van der Waals surface area contributed by atoms with Crippen molar-refractivity contribution >= 4 is 5.91 Å². The van der Waals surface area contributed by atoms with Crippen LogP contribution < -0.4 is 5.32 Å². The maximum Gasteiger partial charge on any atom is 0.244 e. The van der Waals surface area contributed by atoms with Crippen molar-refractivity contribution in [3.05, 3.63) is 48.3 Å². The fourth-order valence-electron chi connectivity index (χ4n) is 1.67. The van der Waals surface area contributed by atoms with Gasteiger partial charge in [-0.25, -0.2) is 4.39 Å². The number of carbonyl (C=O) groups is 1. The van der Waals surface area contributed by atoms with Crippen LogP contribution in [0.4, 0.5) is 4.39 Å². The van der Waals surface area contributed by atoms with E-state index in [1.807, 2.05) is 0 Å². The molecule has 0 spiro atoms. The minimum Gasteiger partial charge on any atom is -0.376 e. The van der Waals surface area contributed by atoms with Crippen LogP contribution in [-0.4, -0.2) is 19.1 Å². The molecule has 0 unspecified atom stereocenters. The first-order chi connectivity index (χ1) is 7.66. The lowest BCUT2D eigenvalue weighted by Gasteiger charge is -2.42. The van der Waals surface area contributed by atoms with Crippen LogP contribution >= 0.6 is 0 Å². The van der Waals surface area contributed by atoms with E-state index < -0.39 is 5.54 Å². The summed E-state index contributed by atoms with van der Waals surface area (Å²) in [5.41, 5.74) is 0.314. The molecule has 0 saturated carbocycles. The summed E-state index contributed by atoms with van der Waals surface area (Å²) in [6, 6.07) is 6.05. The van der Waals surface area contributed by atoms with E-state index in [1.54, 1.807) is 12.1 Å². The summed E-state index contributed by atoms with van der Waals surface area (Å²) in [6.07, 6.45) is 1.21. The van der Waals surface area contributed by atoms with Crippen molar-refractivity contribution in [3.8, 4) is 0 Å². The Morgan fingerprint density at radius 3 is 2.50 bits per heavy atom. The van der Waals surface area contributed by atoms with E-state index in [4.69, 9.17) is 4.74 Å². The number of hydrogen-bond acceptors (Lipinski definition) is 2. The van der Waals surface area contributed by atoms with Gasteiger partial charge in [-0.1, -0.05) is 18.7 Å². The highest BCUT2D eigenvalue weighted by atomic mass is 19.1. The molecule has 1 saturated heterocycles. The molecule has 1 N–H and O–H groups in total. The molecule has 16 heavy (non-hydrogen) atoms. The minimum atomic E-state index is -0.529. The highest BCUT2D eigenvalue weighted by molar-refractivity contribution is 5.87. The van der Waals surface area contributed by atoms with Gasteiger partial charge in [0.2, 0.25) is 5.91 Å². The van der Waals surface area contributed by atoms with Crippen molar-refractivity contribution in [2.45, 2.75) is 5.54 Å². The predicted molar refractivity (Wildman–Crippen MR) is 57.2 cm³/mol. The zero-order chi connectivity index (χ0) is 11.6. The van der Waals surface area contributed by atoms with Gasteiger partial charge >= 0.3 is 0 Å². The molecule has 3 nitrogen and oxygen atoms in total. The van der Waals surface area contributed by atoms with Gasteiger partial charge in [-0.2, -0.15) is 0 Å². The lowest BCUT2D eigenvalue weighted by molar-refractivity contribution is -0.129. The van der Waals surface area contributed by atoms with Crippen molar-refractivity contribution in [3.63, 3.8) is 0 Å². The second-order valence-electron chi connectivity index (χ2n) is 3.78. The second-order valence-corrected chi connectivity index (χ2v) is 3.78. The summed E-state index contributed by atoms with van der Waals surface area (Å²) in [4.78, 5) is 11.3. The first kappa shape index (κ1) is 10.8. The van der Waals surface area contributed by atoms with Crippen molar-refractivity contribution in [2.75, 3.05) is 13.2 Å². The van der Waals surface area contributed by atoms with Crippen molar-refractivity contribution in [1.82, 2.24) is 5.32 Å². The highest BCUT2D eigenvalue weighted by Crippen LogP contribution is 2.29. The molecule has 1 heterocycles. The van der Waals surface area contributed by atoms with Gasteiger partial charge < -0.3 is 10.1 Å². The van der Waals surface area contributed by atoms with E-state index in [0.717, 1.165) is 5.56 Å². The summed E-state index contributed by atoms with van der Waals surface area (Å²) in [5.74, 6) is -0.554. The Morgan fingerprint density at radius 2 is 2.06 bits per heavy atom. The quantitative estimate of drug-likeness (QED) is 0.782. The Balaban J connectivity index is 2.24. The normalized spacial score (nSPS) is 17.3. The zero-order valence-electron chi connectivity index (χ0n) is 8.70. The number of halogens is 1. The summed E-state index contributed by atoms with van der Waals surface area (Å²) in [7, 11) is 0. The number of hydrogen-bond donors (Lipinski definition) is 1. The van der Waals surface area contributed by atoms with Crippen LogP contribution in [0.2, 0.25) is 0 Å². The standard InChI is InChI=1S/C12H12FNO2/c1-2-11(15)14-12(7-16-8-12)9-3-5-10(13)6-4-9/h2-6H,1,7-8H2,(H,14,15). The third kappa shape index (κ3) is 1.84. The van der Waals surface area contributed by atoms with Crippen molar-refractivity contribution in [2.24, 2.45) is 0 Å². The fourth-order valence-corrected chi connectivity index (χ4v) is 1.67. The summed E-state index contributed by atoms with van der Waals surface area (Å²) < 4.78 is 17.9. The first-order valence-corrected chi connectivity index (χ1v) is 4.95. The molecular formula is C12H12FNO2. The molecule has 1 aromatic rings. The van der Waals surface area contributed by atoms with Crippen LogP contribution in [0.1, 0.15) is 5.56 Å². The van der Waals surface area contributed by atoms with Crippen molar-refractivity contribution < 1.29 is 13.9 Å². The molecule has 0 radical (unpaired) electrons. The summed E-state index contributed by atoms with van der Waals surface area (Å²) in [5, 5.41) is 2.81. The number of ether oxygens (including phenoxy) is 1. The number of benzene rings is 1. The smallest absolute Gasteiger partial charge is 0.244 e. The number of amides is 1. The van der Waals surface area contributed by atoms with Crippen LogP contribution in [0.3, 0.4) is 0 Å². The van der Waals surface area contributed by atoms with E-state index in [1.165, 1.54) is 18.2 Å². The fraction of sp³-hybridized carbons (Fsp3) is 0.250. The summed E-state index contributed by atoms with van der Waals surface area (Å²) in [6.45, 7) is 4.20. The van der Waals surface area contributed by atoms with Crippen LogP contribution in [0.15, 0.2) is 36.9 Å². The molecule has 1 amide bonds. The Bertz CT molecular complexity index is 410. The van der Waals surface area contributed by atoms with E-state index in [-0.39, 0.29) is 11.7 Å². The maximum atomic E-state index is 12.8. The molecule has 1 fully saturated rings. The Labute approximate surface area is 92.9 Å². The maximum absolute atomic E-state index is 12.8. The van der Waals surface area contributed by atoms with Gasteiger partial charge in [0, 0.05) is 0 Å². The van der Waals surface area contributed by atoms with Crippen LogP contribution in [0.5, 0.6) is 0 Å². The molecule has 0 atom stereocenters. The largest absolute Gasteiger partial charge is 0.376 e. The average molecular weight is 221 g/mol. The van der Waals surface area contributed by atoms with Gasteiger partial charge in [0.15, 0.2) is 0 Å². The first-order valence-electron chi connectivity index (χ1n) is 4.95. The summed E-state index contributed by atoms with van der Waals surface area (Å²) >= 11 is 0. The molecule has 1 aliphatic heterocycles. The lowest BCUT2D eigenvalue weighted by atomic mass is 9.88. The topological polar surface area (TPSA) is 38.3 Å². The molecule has 0 aromatic heterocycles. The molecule has 0 bridgehead atoms. The molecule has 2 rings (SSSR count). The Hall–Kier alpha value is -1.68. The minimum absolute atomic E-state index is 0.257. The third-order valence-corrected chi connectivity index (χ3v) is 2.64. The molecule has 84 valence electrons. The highest BCUT2D eigenvalue weighted by Gasteiger charge is 2.41. The third-order valence-electron chi connectivity index (χ3n) is 2.64. The average Bonchev–Trinajstić information content (AvgIpc) is 2.24. The molecule has 4 heteroatoms. The van der Waals surface area contributed by atoms with E-state index >= 15 is 0 Å². The Morgan fingerprint density at radius 1 is 1.44 bits per heavy atom. The van der Waals surface area contributed by atoms with Crippen LogP contribution in [0.25, 0.3) is 0 Å². The van der Waals surface area contributed by atoms with E-state index in [2.05, 4.69) is 11.9 Å². The van der Waals surface area contributed by atoms with Gasteiger partial charge in [-0.05, 0) is 23.8 Å². The van der Waals surface area contributed by atoms with Gasteiger partial charge in [-0.15, -0.1) is 0 Å². The number of carbonyl (C=O) groups excluding carboxylic acids is 1. The van der Waals surface area contributed by atoms with Gasteiger partial charge in [0.1, 0.15) is 11.4 Å². The molecule has 0 aliphatic carbocycles. The van der Waals surface area contributed by atoms with Gasteiger partial charge in [0.05, 0.1) is 13.2 Å². The van der Waals surface area contributed by atoms with Gasteiger partial charge in [0.25, 0.3) is 0 Å². The van der Waals surface area contributed by atoms with E-state index in [9.17, 15) is 9.18 Å². The molecule has 1 aromatic carbocycles. The zero-order valence-corrected chi connectivity index (χ0v) is 8.70. The number of rotatable bonds is 3. The van der Waals surface area contributed by atoms with Crippen LogP contribution in [0, 0.1) is 5.82 Å². The van der Waals surface area contributed by atoms with Crippen LogP contribution in [-0.2, 0) is 15.1 Å². The SMILES string of the molecule is C=CC(=O)NC1(c2ccc(F)cc2)COC1. The predicted octanol–water partition coefficient (Wildman–Crippen LogP) is 1.35. The lowest BCUT2D eigenvalue weighted by Crippen LogP contribution is -2.59. The molecular weight excluding hydrogens is 209 g/mol. The molecule has 1 aliphatic rings. The van der Waals surface area contributed by atoms with Crippen molar-refractivity contribution in [1.29, 1.82) is 0 Å². The Kier molecular flexibility index (Phi) is 2.75. The monoisotopic (exact) mass is 221 g/mol. The van der Waals surface area contributed by atoms with Gasteiger partial charge in [-0.3, -0.25) is 4.79 Å².